The molecule has 1 aromatic carbocycles. The molecule has 2 N–H and O–H groups in total. The lowest BCUT2D eigenvalue weighted by molar-refractivity contribution is -0.150. The molecule has 164 valence electrons. The lowest BCUT2D eigenvalue weighted by atomic mass is 9.44. The Bertz CT molecular complexity index is 1130. The van der Waals surface area contributed by atoms with E-state index in [0.29, 0.717) is 11.8 Å². The van der Waals surface area contributed by atoms with Gasteiger partial charge in [0, 0.05) is 22.0 Å². The molecule has 1 aliphatic heterocycles. The molecule has 0 radical (unpaired) electrons. The van der Waals surface area contributed by atoms with Gasteiger partial charge in [-0.05, 0) is 79.6 Å². The highest BCUT2D eigenvalue weighted by Crippen LogP contribution is 2.67. The number of hydrogen-bond acceptors (Lipinski definition) is 4. The predicted molar refractivity (Wildman–Crippen MR) is 124 cm³/mol. The van der Waals surface area contributed by atoms with Crippen LogP contribution in [0.4, 0.5) is 0 Å². The molecule has 6 rings (SSSR count). The van der Waals surface area contributed by atoms with Crippen LogP contribution in [0, 0.1) is 17.3 Å². The van der Waals surface area contributed by atoms with E-state index in [2.05, 4.69) is 55.7 Å². The van der Waals surface area contributed by atoms with E-state index < -0.39 is 11.0 Å². The first-order chi connectivity index (χ1) is 14.6. The highest BCUT2D eigenvalue weighted by molar-refractivity contribution is 7.81. The van der Waals surface area contributed by atoms with Crippen molar-refractivity contribution in [1.82, 2.24) is 4.98 Å². The summed E-state index contributed by atoms with van der Waals surface area (Å²) in [5, 5.41) is 11.7. The number of aromatic nitrogens is 1. The molecule has 2 aromatic rings. The van der Waals surface area contributed by atoms with E-state index in [0.717, 1.165) is 31.3 Å². The number of carbonyl (C=O) groups excluding carboxylic acids is 1. The zero-order valence-electron chi connectivity index (χ0n) is 18.4. The number of nitrogens with one attached hydrogen (secondary N) is 1. The number of aliphatic hydroxyl groups is 1. The molecule has 0 spiro atoms. The maximum absolute atomic E-state index is 12.9. The number of rotatable bonds is 1. The summed E-state index contributed by atoms with van der Waals surface area (Å²) in [5.41, 5.74) is 5.42. The van der Waals surface area contributed by atoms with Gasteiger partial charge in [-0.1, -0.05) is 32.0 Å². The minimum atomic E-state index is -1.46. The smallest absolute Gasteiger partial charge is 0.188 e. The Hall–Kier alpha value is -1.56. The molecule has 7 atom stereocenters. The first-order valence-electron chi connectivity index (χ1n) is 11.6. The minimum absolute atomic E-state index is 0.0466. The fourth-order valence-electron chi connectivity index (χ4n) is 7.70. The van der Waals surface area contributed by atoms with Gasteiger partial charge >= 0.3 is 0 Å². The summed E-state index contributed by atoms with van der Waals surface area (Å²) in [7, 11) is 0. The molecule has 2 saturated carbocycles. The second-order valence-electron chi connectivity index (χ2n) is 10.9. The third kappa shape index (κ3) is 2.49. The van der Waals surface area contributed by atoms with Crippen LogP contribution in [0.15, 0.2) is 35.9 Å². The Kier molecular flexibility index (Phi) is 4.06. The second kappa shape index (κ2) is 6.27. The normalized spacial score (nSPS) is 41.1. The van der Waals surface area contributed by atoms with Crippen LogP contribution in [-0.2, 0) is 21.4 Å². The van der Waals surface area contributed by atoms with E-state index in [-0.39, 0.29) is 22.7 Å². The number of benzene rings is 1. The van der Waals surface area contributed by atoms with Gasteiger partial charge in [-0.3, -0.25) is 4.79 Å². The van der Waals surface area contributed by atoms with Crippen molar-refractivity contribution >= 4 is 29.3 Å². The van der Waals surface area contributed by atoms with Crippen molar-refractivity contribution in [1.29, 1.82) is 0 Å². The third-order valence-electron chi connectivity index (χ3n) is 9.42. The number of H-pyrrole nitrogens is 1. The minimum Gasteiger partial charge on any atom is -0.377 e. The highest BCUT2D eigenvalue weighted by atomic mass is 32.1. The van der Waals surface area contributed by atoms with Crippen LogP contribution in [0.1, 0.15) is 57.7 Å². The molecular weight excluding hydrogens is 406 g/mol. The van der Waals surface area contributed by atoms with Gasteiger partial charge in [-0.15, -0.1) is 12.6 Å². The molecule has 0 bridgehead atoms. The van der Waals surface area contributed by atoms with Gasteiger partial charge in [-0.25, -0.2) is 0 Å². The van der Waals surface area contributed by atoms with Gasteiger partial charge in [0.05, 0.1) is 6.10 Å². The maximum Gasteiger partial charge on any atom is 0.188 e. The zero-order chi connectivity index (χ0) is 21.8. The summed E-state index contributed by atoms with van der Waals surface area (Å²) in [5.74, 6) is 0.794. The van der Waals surface area contributed by atoms with Gasteiger partial charge in [0.2, 0.25) is 0 Å². The Balaban J connectivity index is 1.46. The molecular formula is C26H31NO3S. The van der Waals surface area contributed by atoms with Crippen molar-refractivity contribution in [3.05, 3.63) is 47.2 Å². The van der Waals surface area contributed by atoms with Crippen LogP contribution in [0.5, 0.6) is 0 Å². The Morgan fingerprint density at radius 1 is 1.23 bits per heavy atom. The maximum atomic E-state index is 12.9. The lowest BCUT2D eigenvalue weighted by Gasteiger charge is -2.60. The molecule has 6 unspecified atom stereocenters. The molecule has 0 saturated heterocycles. The van der Waals surface area contributed by atoms with Crippen LogP contribution in [-0.4, -0.2) is 33.0 Å². The van der Waals surface area contributed by atoms with Crippen molar-refractivity contribution < 1.29 is 14.6 Å². The summed E-state index contributed by atoms with van der Waals surface area (Å²) in [6, 6.07) is 8.68. The zero-order valence-corrected chi connectivity index (χ0v) is 19.3. The fourth-order valence-corrected chi connectivity index (χ4v) is 7.89. The van der Waals surface area contributed by atoms with E-state index in [9.17, 15) is 9.90 Å². The number of ketones is 1. The van der Waals surface area contributed by atoms with Crippen molar-refractivity contribution in [3.8, 4) is 0 Å². The van der Waals surface area contributed by atoms with Crippen LogP contribution < -0.4 is 0 Å². The van der Waals surface area contributed by atoms with Crippen molar-refractivity contribution in [3.63, 3.8) is 0 Å². The average molecular weight is 438 g/mol. The SMILES string of the molecule is CC(O)(S)C1OC2CCC3(C)C(CCC4Cc5c([nH]c6ccccc56)[C@@]43C)C2=CC1=O. The van der Waals surface area contributed by atoms with Crippen molar-refractivity contribution in [2.24, 2.45) is 17.3 Å². The predicted octanol–water partition coefficient (Wildman–Crippen LogP) is 4.71. The summed E-state index contributed by atoms with van der Waals surface area (Å²) in [6.45, 7) is 6.46. The lowest BCUT2D eigenvalue weighted by Crippen LogP contribution is -2.59. The largest absolute Gasteiger partial charge is 0.377 e. The van der Waals surface area contributed by atoms with E-state index >= 15 is 0 Å². The Morgan fingerprint density at radius 2 is 2.00 bits per heavy atom. The molecule has 4 nitrogen and oxygen atoms in total. The summed E-state index contributed by atoms with van der Waals surface area (Å²) >= 11 is 4.22. The molecule has 4 aliphatic rings. The second-order valence-corrected chi connectivity index (χ2v) is 11.8. The Morgan fingerprint density at radius 3 is 2.77 bits per heavy atom. The Labute approximate surface area is 188 Å². The van der Waals surface area contributed by atoms with Gasteiger partial charge in [-0.2, -0.15) is 0 Å². The van der Waals surface area contributed by atoms with Crippen LogP contribution >= 0.6 is 12.6 Å². The molecule has 1 aromatic heterocycles. The summed E-state index contributed by atoms with van der Waals surface area (Å²) in [4.78, 5) is 15.2. The third-order valence-corrected chi connectivity index (χ3v) is 9.66. The van der Waals surface area contributed by atoms with Gasteiger partial charge in [0.25, 0.3) is 0 Å². The molecule has 0 amide bonds. The van der Waals surface area contributed by atoms with Crippen molar-refractivity contribution in [2.75, 3.05) is 0 Å². The molecule has 31 heavy (non-hydrogen) atoms. The standard InChI is InChI=1S/C26H31NO3S/c1-24-11-10-21-17(13-20(28)23(30-21)26(3,29)31)18(24)9-8-14-12-16-15-6-4-5-7-19(15)27-22(16)25(14,24)2/h4-7,13-14,18,21,23,27,29,31H,8-12H2,1-3H3/t14?,18?,21?,23?,24?,25-,26?/m1/s1. The molecule has 2 fully saturated rings. The quantitative estimate of drug-likeness (QED) is 0.447. The fraction of sp³-hybridized carbons (Fsp3) is 0.577. The molecule has 3 aliphatic carbocycles. The van der Waals surface area contributed by atoms with Crippen LogP contribution in [0.2, 0.25) is 0 Å². The highest BCUT2D eigenvalue weighted by Gasteiger charge is 2.64. The average Bonchev–Trinajstić information content (AvgIpc) is 3.22. The number of hydrogen-bond donors (Lipinski definition) is 3. The van der Waals surface area contributed by atoms with Crippen LogP contribution in [0.3, 0.4) is 0 Å². The monoisotopic (exact) mass is 437 g/mol. The topological polar surface area (TPSA) is 62.3 Å². The van der Waals surface area contributed by atoms with E-state index in [4.69, 9.17) is 4.74 Å². The van der Waals surface area contributed by atoms with E-state index in [1.54, 1.807) is 6.08 Å². The number of carbonyl (C=O) groups is 1. The summed E-state index contributed by atoms with van der Waals surface area (Å²) < 4.78 is 6.17. The van der Waals surface area contributed by atoms with E-state index in [1.807, 2.05) is 0 Å². The number of para-hydroxylation sites is 1. The molecule has 5 heteroatoms. The van der Waals surface area contributed by atoms with E-state index in [1.165, 1.54) is 35.5 Å². The van der Waals surface area contributed by atoms with Gasteiger partial charge in [0.15, 0.2) is 11.9 Å². The van der Waals surface area contributed by atoms with Crippen LogP contribution in [0.25, 0.3) is 10.9 Å². The number of ether oxygens (including phenoxy) is 1. The number of aromatic amines is 1. The van der Waals surface area contributed by atoms with Crippen molar-refractivity contribution in [2.45, 2.75) is 75.4 Å². The number of thiol groups is 1. The first kappa shape index (κ1) is 20.1. The number of fused-ring (bicyclic) bond motifs is 9. The first-order valence-corrected chi connectivity index (χ1v) is 12.0. The summed E-state index contributed by atoms with van der Waals surface area (Å²) in [6.07, 6.45) is 6.15. The van der Waals surface area contributed by atoms with Gasteiger partial charge in [0.1, 0.15) is 4.93 Å². The van der Waals surface area contributed by atoms with Gasteiger partial charge < -0.3 is 14.8 Å². The molecule has 2 heterocycles.